The van der Waals surface area contributed by atoms with Crippen LogP contribution in [0.1, 0.15) is 0 Å². The Morgan fingerprint density at radius 2 is 2.06 bits per heavy atom. The van der Waals surface area contributed by atoms with Crippen LogP contribution in [0, 0.1) is 0 Å². The number of amides is 2. The SMILES string of the molecule is COc1cc(NC(=O)C(=O)NN)ccc1Br. The summed E-state index contributed by atoms with van der Waals surface area (Å²) in [6.45, 7) is 0. The van der Waals surface area contributed by atoms with E-state index in [-0.39, 0.29) is 0 Å². The zero-order valence-electron chi connectivity index (χ0n) is 8.41. The topological polar surface area (TPSA) is 93.4 Å². The number of hydrogen-bond acceptors (Lipinski definition) is 4. The Morgan fingerprint density at radius 1 is 1.38 bits per heavy atom. The van der Waals surface area contributed by atoms with Crippen LogP contribution >= 0.6 is 15.9 Å². The van der Waals surface area contributed by atoms with E-state index < -0.39 is 11.8 Å². The molecule has 0 aliphatic heterocycles. The number of hydrogen-bond donors (Lipinski definition) is 3. The molecule has 0 unspecified atom stereocenters. The summed E-state index contributed by atoms with van der Waals surface area (Å²) >= 11 is 3.26. The van der Waals surface area contributed by atoms with Crippen molar-refractivity contribution in [1.29, 1.82) is 0 Å². The third kappa shape index (κ3) is 2.94. The van der Waals surface area contributed by atoms with Gasteiger partial charge in [0.1, 0.15) is 5.75 Å². The van der Waals surface area contributed by atoms with Gasteiger partial charge in [0.15, 0.2) is 0 Å². The molecule has 6 nitrogen and oxygen atoms in total. The Balaban J connectivity index is 2.82. The van der Waals surface area contributed by atoms with Gasteiger partial charge in [-0.3, -0.25) is 15.0 Å². The zero-order chi connectivity index (χ0) is 12.1. The molecule has 1 aromatic carbocycles. The Bertz CT molecular complexity index is 422. The summed E-state index contributed by atoms with van der Waals surface area (Å²) in [6, 6.07) is 4.88. The van der Waals surface area contributed by atoms with Crippen LogP contribution in [-0.2, 0) is 9.59 Å². The number of nitrogens with one attached hydrogen (secondary N) is 2. The van der Waals surface area contributed by atoms with Crippen LogP contribution in [0.3, 0.4) is 0 Å². The van der Waals surface area contributed by atoms with Crippen molar-refractivity contribution in [2.75, 3.05) is 12.4 Å². The van der Waals surface area contributed by atoms with Crippen LogP contribution in [0.15, 0.2) is 22.7 Å². The van der Waals surface area contributed by atoms with Crippen LogP contribution in [0.5, 0.6) is 5.75 Å². The minimum absolute atomic E-state index is 0.439. The Labute approximate surface area is 100 Å². The number of nitrogens with two attached hydrogens (primary N) is 1. The molecule has 0 saturated carbocycles. The lowest BCUT2D eigenvalue weighted by Gasteiger charge is -2.07. The fourth-order valence-electron chi connectivity index (χ4n) is 0.991. The summed E-state index contributed by atoms with van der Waals surface area (Å²) in [4.78, 5) is 22.0. The molecule has 1 rings (SSSR count). The maximum absolute atomic E-state index is 11.2. The van der Waals surface area contributed by atoms with E-state index in [2.05, 4.69) is 21.2 Å². The van der Waals surface area contributed by atoms with Gasteiger partial charge in [-0.15, -0.1) is 0 Å². The molecular weight excluding hydrogens is 278 g/mol. The Morgan fingerprint density at radius 3 is 2.62 bits per heavy atom. The minimum Gasteiger partial charge on any atom is -0.495 e. The predicted molar refractivity (Wildman–Crippen MR) is 61.7 cm³/mol. The number of methoxy groups -OCH3 is 1. The number of halogens is 1. The number of carbonyl (C=O) groups is 2. The van der Waals surface area contributed by atoms with Crippen molar-refractivity contribution in [3.63, 3.8) is 0 Å². The van der Waals surface area contributed by atoms with Gasteiger partial charge in [0.2, 0.25) is 0 Å². The van der Waals surface area contributed by atoms with Crippen molar-refractivity contribution in [2.24, 2.45) is 5.84 Å². The van der Waals surface area contributed by atoms with Crippen molar-refractivity contribution in [1.82, 2.24) is 5.43 Å². The highest BCUT2D eigenvalue weighted by Gasteiger charge is 2.12. The van der Waals surface area contributed by atoms with E-state index in [0.717, 1.165) is 4.47 Å². The van der Waals surface area contributed by atoms with E-state index >= 15 is 0 Å². The van der Waals surface area contributed by atoms with Crippen LogP contribution in [0.2, 0.25) is 0 Å². The summed E-state index contributed by atoms with van der Waals surface area (Å²) in [7, 11) is 1.50. The van der Waals surface area contributed by atoms with E-state index in [0.29, 0.717) is 11.4 Å². The number of rotatable bonds is 2. The average molecular weight is 288 g/mol. The number of carbonyl (C=O) groups excluding carboxylic acids is 2. The standard InChI is InChI=1S/C9H10BrN3O3/c1-16-7-4-5(2-3-6(7)10)12-8(14)9(15)13-11/h2-4H,11H2,1H3,(H,12,14)(H,13,15). The minimum atomic E-state index is -0.915. The molecule has 2 amide bonds. The lowest BCUT2D eigenvalue weighted by molar-refractivity contribution is -0.136. The second kappa shape index (κ2) is 5.47. The van der Waals surface area contributed by atoms with Crippen LogP contribution in [-0.4, -0.2) is 18.9 Å². The first-order chi connectivity index (χ1) is 7.58. The van der Waals surface area contributed by atoms with Crippen LogP contribution < -0.4 is 21.3 Å². The highest BCUT2D eigenvalue weighted by molar-refractivity contribution is 9.10. The second-order valence-electron chi connectivity index (χ2n) is 2.78. The molecule has 0 bridgehead atoms. The Hall–Kier alpha value is -1.60. The lowest BCUT2D eigenvalue weighted by Crippen LogP contribution is -2.39. The number of benzene rings is 1. The molecule has 0 aromatic heterocycles. The molecule has 0 heterocycles. The first-order valence-electron chi connectivity index (χ1n) is 4.24. The second-order valence-corrected chi connectivity index (χ2v) is 3.63. The van der Waals surface area contributed by atoms with Gasteiger partial charge in [-0.1, -0.05) is 0 Å². The van der Waals surface area contributed by atoms with Gasteiger partial charge in [0, 0.05) is 11.8 Å². The average Bonchev–Trinajstić information content (AvgIpc) is 2.30. The Kier molecular flexibility index (Phi) is 4.27. The number of ether oxygens (including phenoxy) is 1. The lowest BCUT2D eigenvalue weighted by atomic mass is 10.3. The molecule has 4 N–H and O–H groups in total. The van der Waals surface area contributed by atoms with Crippen molar-refractivity contribution in [3.05, 3.63) is 22.7 Å². The fraction of sp³-hybridized carbons (Fsp3) is 0.111. The summed E-state index contributed by atoms with van der Waals surface area (Å²) in [6.07, 6.45) is 0. The first-order valence-corrected chi connectivity index (χ1v) is 5.03. The molecule has 0 radical (unpaired) electrons. The zero-order valence-corrected chi connectivity index (χ0v) is 10.00. The smallest absolute Gasteiger partial charge is 0.323 e. The number of hydrazine groups is 1. The van der Waals surface area contributed by atoms with E-state index in [1.807, 2.05) is 0 Å². The molecule has 16 heavy (non-hydrogen) atoms. The molecule has 86 valence electrons. The fourth-order valence-corrected chi connectivity index (χ4v) is 1.40. The third-order valence-corrected chi connectivity index (χ3v) is 2.40. The molecular formula is C9H10BrN3O3. The van der Waals surface area contributed by atoms with Gasteiger partial charge < -0.3 is 10.1 Å². The maximum Gasteiger partial charge on any atom is 0.323 e. The normalized spacial score (nSPS) is 9.44. The molecule has 0 saturated heterocycles. The summed E-state index contributed by atoms with van der Waals surface area (Å²) in [5.74, 6) is 3.61. The van der Waals surface area contributed by atoms with Gasteiger partial charge in [-0.2, -0.15) is 0 Å². The van der Waals surface area contributed by atoms with Crippen molar-refractivity contribution in [2.45, 2.75) is 0 Å². The predicted octanol–water partition coefficient (Wildman–Crippen LogP) is 0.386. The van der Waals surface area contributed by atoms with Crippen molar-refractivity contribution in [3.8, 4) is 5.75 Å². The van der Waals surface area contributed by atoms with E-state index in [4.69, 9.17) is 10.6 Å². The van der Waals surface area contributed by atoms with E-state index in [9.17, 15) is 9.59 Å². The van der Waals surface area contributed by atoms with Gasteiger partial charge in [0.05, 0.1) is 11.6 Å². The highest BCUT2D eigenvalue weighted by atomic mass is 79.9. The number of anilines is 1. The van der Waals surface area contributed by atoms with Crippen molar-refractivity contribution >= 4 is 33.4 Å². The van der Waals surface area contributed by atoms with Gasteiger partial charge in [0.25, 0.3) is 0 Å². The van der Waals surface area contributed by atoms with Gasteiger partial charge in [-0.25, -0.2) is 5.84 Å². The highest BCUT2D eigenvalue weighted by Crippen LogP contribution is 2.27. The summed E-state index contributed by atoms with van der Waals surface area (Å²) in [5.41, 5.74) is 2.17. The largest absolute Gasteiger partial charge is 0.495 e. The summed E-state index contributed by atoms with van der Waals surface area (Å²) in [5, 5.41) is 2.36. The third-order valence-electron chi connectivity index (χ3n) is 1.75. The molecule has 0 aliphatic carbocycles. The van der Waals surface area contributed by atoms with Crippen molar-refractivity contribution < 1.29 is 14.3 Å². The first kappa shape index (κ1) is 12.5. The van der Waals surface area contributed by atoms with Crippen LogP contribution in [0.4, 0.5) is 5.69 Å². The van der Waals surface area contributed by atoms with E-state index in [1.165, 1.54) is 7.11 Å². The van der Waals surface area contributed by atoms with Gasteiger partial charge in [-0.05, 0) is 28.1 Å². The monoisotopic (exact) mass is 287 g/mol. The maximum atomic E-state index is 11.2. The molecule has 7 heteroatoms. The molecule has 0 fully saturated rings. The summed E-state index contributed by atoms with van der Waals surface area (Å²) < 4.78 is 5.78. The molecule has 1 aromatic rings. The van der Waals surface area contributed by atoms with Crippen LogP contribution in [0.25, 0.3) is 0 Å². The van der Waals surface area contributed by atoms with E-state index in [1.54, 1.807) is 23.6 Å². The quantitative estimate of drug-likeness (QED) is 0.317. The molecule has 0 spiro atoms. The molecule has 0 atom stereocenters. The van der Waals surface area contributed by atoms with Gasteiger partial charge >= 0.3 is 11.8 Å². The molecule has 0 aliphatic rings.